The summed E-state index contributed by atoms with van der Waals surface area (Å²) in [6.45, 7) is 0.0556. The average Bonchev–Trinajstić information content (AvgIpc) is 3.43. The number of carboxylic acid groups (broad SMARTS) is 1. The van der Waals surface area contributed by atoms with Crippen molar-refractivity contribution < 1.29 is 28.0 Å². The predicted octanol–water partition coefficient (Wildman–Crippen LogP) is 0.729. The molecule has 0 spiro atoms. The Morgan fingerprint density at radius 1 is 1.30 bits per heavy atom. The molecule has 180 valence electrons. The second kappa shape index (κ2) is 11.1. The van der Waals surface area contributed by atoms with E-state index < -0.39 is 45.4 Å². The Morgan fingerprint density at radius 2 is 2.03 bits per heavy atom. The normalized spacial score (nSPS) is 19.2. The molecule has 6 N–H and O–H groups in total. The number of hydrogen-bond donors (Lipinski definition) is 6. The monoisotopic (exact) mass is 520 g/mol. The summed E-state index contributed by atoms with van der Waals surface area (Å²) in [6, 6.07) is 1.71. The number of hydrogen-bond acceptors (Lipinski definition) is 8. The summed E-state index contributed by atoms with van der Waals surface area (Å²) in [5, 5.41) is 14.6. The summed E-state index contributed by atoms with van der Waals surface area (Å²) in [4.78, 5) is 35.9. The van der Waals surface area contributed by atoms with Gasteiger partial charge in [0.15, 0.2) is 5.95 Å². The molecule has 2 aromatic rings. The molecule has 0 bridgehead atoms. The highest BCUT2D eigenvalue weighted by Crippen LogP contribution is 2.28. The number of aromatic amines is 1. The lowest BCUT2D eigenvalue weighted by molar-refractivity contribution is -0.139. The third kappa shape index (κ3) is 6.79. The van der Waals surface area contributed by atoms with Gasteiger partial charge in [-0.15, -0.1) is 0 Å². The third-order valence-corrected chi connectivity index (χ3v) is 7.14. The van der Waals surface area contributed by atoms with Crippen molar-refractivity contribution in [1.29, 1.82) is 0 Å². The number of anilines is 1. The molecule has 1 aromatic carbocycles. The van der Waals surface area contributed by atoms with Gasteiger partial charge >= 0.3 is 5.97 Å². The molecule has 1 aromatic heterocycles. The van der Waals surface area contributed by atoms with Crippen molar-refractivity contribution in [1.82, 2.24) is 25.5 Å². The van der Waals surface area contributed by atoms with Crippen LogP contribution in [-0.4, -0.2) is 66.6 Å². The fraction of sp³-hybridized carbons (Fsp3) is 0.389. The van der Waals surface area contributed by atoms with E-state index in [0.29, 0.717) is 25.3 Å². The lowest BCUT2D eigenvalue weighted by atomic mass is 10.1. The van der Waals surface area contributed by atoms with Gasteiger partial charge in [0.1, 0.15) is 17.0 Å². The number of aliphatic carboxylic acids is 1. The van der Waals surface area contributed by atoms with Gasteiger partial charge in [0.2, 0.25) is 15.9 Å². The van der Waals surface area contributed by atoms with E-state index in [2.05, 4.69) is 26.1 Å². The molecule has 3 unspecified atom stereocenters. The number of carbonyl (C=O) groups is 2. The van der Waals surface area contributed by atoms with Crippen LogP contribution in [0.3, 0.4) is 0 Å². The molecule has 1 aliphatic rings. The molecule has 3 atom stereocenters. The Hall–Kier alpha value is -2.42. The number of H-pyrrole nitrogens is 1. The van der Waals surface area contributed by atoms with Gasteiger partial charge in [0.25, 0.3) is 0 Å². The third-order valence-electron chi connectivity index (χ3n) is 4.71. The molecule has 1 amide bonds. The first kappa shape index (κ1) is 25.2. The van der Waals surface area contributed by atoms with Gasteiger partial charge in [-0.2, -0.15) is 10.2 Å². The van der Waals surface area contributed by atoms with Gasteiger partial charge in [0.05, 0.1) is 16.1 Å². The maximum atomic E-state index is 12.6. The number of sulfonamides is 1. The van der Waals surface area contributed by atoms with Crippen LogP contribution in [0.25, 0.3) is 0 Å². The molecule has 3 rings (SSSR count). The minimum atomic E-state index is -4.37. The maximum absolute atomic E-state index is 12.6. The number of benzene rings is 1. The summed E-state index contributed by atoms with van der Waals surface area (Å²) in [7, 11) is -4.37. The van der Waals surface area contributed by atoms with Crippen molar-refractivity contribution in [3.05, 3.63) is 40.6 Å². The second-order valence-corrected chi connectivity index (χ2v) is 9.57. The molecule has 2 heterocycles. The number of aromatic nitrogens is 2. The van der Waals surface area contributed by atoms with Crippen LogP contribution >= 0.6 is 23.2 Å². The Kier molecular flexibility index (Phi) is 8.51. The minimum Gasteiger partial charge on any atom is -0.480 e. The van der Waals surface area contributed by atoms with E-state index >= 15 is 0 Å². The number of nitrogens with one attached hydrogen (secondary N) is 5. The molecule has 1 saturated heterocycles. The van der Waals surface area contributed by atoms with Gasteiger partial charge in [-0.3, -0.25) is 14.4 Å². The maximum Gasteiger partial charge on any atom is 0.323 e. The van der Waals surface area contributed by atoms with Crippen LogP contribution in [0.5, 0.6) is 0 Å². The number of nitrogens with zero attached hydrogens (tertiary/aromatic N) is 1. The Labute approximate surface area is 199 Å². The van der Waals surface area contributed by atoms with Crippen LogP contribution in [0.1, 0.15) is 12.8 Å². The molecule has 15 heteroatoms. The van der Waals surface area contributed by atoms with E-state index in [-0.39, 0.29) is 16.1 Å². The zero-order chi connectivity index (χ0) is 24.0. The lowest BCUT2D eigenvalue weighted by Crippen LogP contribution is -2.51. The topological polar surface area (TPSA) is 175 Å². The lowest BCUT2D eigenvalue weighted by Gasteiger charge is -2.18. The fourth-order valence-corrected chi connectivity index (χ4v) is 5.41. The van der Waals surface area contributed by atoms with Gasteiger partial charge in [-0.05, 0) is 18.6 Å². The molecule has 0 radical (unpaired) electrons. The van der Waals surface area contributed by atoms with Crippen molar-refractivity contribution in [2.45, 2.75) is 35.9 Å². The quantitative estimate of drug-likeness (QED) is 0.249. The first-order valence-corrected chi connectivity index (χ1v) is 12.0. The SMILES string of the molecule is O=C(O)C(CNC(=O)C1CC(CCNc2ncc[nH]2)ON1)NS(=O)(=O)c1c(Cl)cccc1Cl. The number of rotatable bonds is 11. The Bertz CT molecular complexity index is 1060. The highest BCUT2D eigenvalue weighted by molar-refractivity contribution is 7.89. The van der Waals surface area contributed by atoms with Crippen LogP contribution in [0, 0.1) is 0 Å². The molecule has 12 nitrogen and oxygen atoms in total. The van der Waals surface area contributed by atoms with Gasteiger partial charge in [-0.25, -0.2) is 13.4 Å². The average molecular weight is 521 g/mol. The van der Waals surface area contributed by atoms with Crippen molar-refractivity contribution >= 4 is 51.0 Å². The number of carboxylic acids is 1. The molecule has 1 fully saturated rings. The Balaban J connectivity index is 1.50. The van der Waals surface area contributed by atoms with Crippen molar-refractivity contribution in [2.75, 3.05) is 18.4 Å². The summed E-state index contributed by atoms with van der Waals surface area (Å²) in [6.07, 6.45) is 3.99. The molecule has 0 aliphatic carbocycles. The smallest absolute Gasteiger partial charge is 0.323 e. The Morgan fingerprint density at radius 3 is 2.67 bits per heavy atom. The van der Waals surface area contributed by atoms with E-state index in [1.807, 2.05) is 4.72 Å². The first-order chi connectivity index (χ1) is 15.7. The fourth-order valence-electron chi connectivity index (χ4n) is 3.08. The number of amides is 1. The molecule has 33 heavy (non-hydrogen) atoms. The van der Waals surface area contributed by atoms with E-state index in [1.54, 1.807) is 12.4 Å². The minimum absolute atomic E-state index is 0.164. The predicted molar refractivity (Wildman–Crippen MR) is 119 cm³/mol. The standard InChI is InChI=1S/C18H22Cl2N6O6S/c19-11-2-1-3-12(20)15(11)33(30,31)26-14(17(28)29)9-24-16(27)13-8-10(32-25-13)4-5-21-18-22-6-7-23-18/h1-3,6-7,10,13-14,25-26H,4-5,8-9H2,(H,24,27)(H,28,29)(H2,21,22,23). The second-order valence-electron chi connectivity index (χ2n) is 7.11. The van der Waals surface area contributed by atoms with Crippen LogP contribution in [0.2, 0.25) is 10.0 Å². The van der Waals surface area contributed by atoms with E-state index in [4.69, 9.17) is 28.0 Å². The number of carbonyl (C=O) groups excluding carboxylic acids is 1. The van der Waals surface area contributed by atoms with Crippen molar-refractivity contribution in [2.24, 2.45) is 0 Å². The number of imidazole rings is 1. The van der Waals surface area contributed by atoms with Crippen LogP contribution < -0.4 is 20.8 Å². The summed E-state index contributed by atoms with van der Waals surface area (Å²) >= 11 is 11.8. The largest absolute Gasteiger partial charge is 0.480 e. The number of hydroxylamine groups is 1. The summed E-state index contributed by atoms with van der Waals surface area (Å²) in [5.74, 6) is -1.40. The highest BCUT2D eigenvalue weighted by atomic mass is 35.5. The molecule has 0 saturated carbocycles. The van der Waals surface area contributed by atoms with E-state index in [1.165, 1.54) is 18.2 Å². The van der Waals surface area contributed by atoms with Crippen LogP contribution in [0.4, 0.5) is 5.95 Å². The van der Waals surface area contributed by atoms with Gasteiger partial charge in [0, 0.05) is 31.9 Å². The van der Waals surface area contributed by atoms with Crippen LogP contribution in [-0.2, 0) is 24.4 Å². The van der Waals surface area contributed by atoms with Crippen molar-refractivity contribution in [3.8, 4) is 0 Å². The molecular weight excluding hydrogens is 499 g/mol. The highest BCUT2D eigenvalue weighted by Gasteiger charge is 2.33. The molecular formula is C18H22Cl2N6O6S. The molecule has 1 aliphatic heterocycles. The van der Waals surface area contributed by atoms with Crippen molar-refractivity contribution in [3.63, 3.8) is 0 Å². The summed E-state index contributed by atoms with van der Waals surface area (Å²) < 4.78 is 27.2. The van der Waals surface area contributed by atoms with Gasteiger partial charge in [-0.1, -0.05) is 29.3 Å². The summed E-state index contributed by atoms with van der Waals surface area (Å²) in [5.41, 5.74) is 2.61. The zero-order valence-electron chi connectivity index (χ0n) is 17.0. The van der Waals surface area contributed by atoms with E-state index in [9.17, 15) is 23.1 Å². The van der Waals surface area contributed by atoms with Crippen LogP contribution in [0.15, 0.2) is 35.5 Å². The van der Waals surface area contributed by atoms with Gasteiger partial charge < -0.3 is 20.7 Å². The zero-order valence-corrected chi connectivity index (χ0v) is 19.4. The number of halogens is 2. The van der Waals surface area contributed by atoms with E-state index in [0.717, 1.165) is 0 Å². The first-order valence-electron chi connectivity index (χ1n) is 9.78.